The molecule has 2 bridgehead atoms. The molecular weight excluding hydrogens is 442 g/mol. The number of rotatable bonds is 2. The van der Waals surface area contributed by atoms with Crippen LogP contribution in [0.5, 0.6) is 0 Å². The summed E-state index contributed by atoms with van der Waals surface area (Å²) >= 11 is 0. The van der Waals surface area contributed by atoms with Gasteiger partial charge in [-0.3, -0.25) is 19.1 Å². The Labute approximate surface area is 209 Å². The van der Waals surface area contributed by atoms with E-state index >= 15 is 0 Å². The highest BCUT2D eigenvalue weighted by Gasteiger charge is 2.44. The van der Waals surface area contributed by atoms with Crippen molar-refractivity contribution in [1.82, 2.24) is 24.9 Å². The van der Waals surface area contributed by atoms with Gasteiger partial charge < -0.3 is 15.1 Å². The molecule has 35 heavy (non-hydrogen) atoms. The van der Waals surface area contributed by atoms with Crippen molar-refractivity contribution in [3.63, 3.8) is 0 Å². The minimum atomic E-state index is -0.0134. The van der Waals surface area contributed by atoms with E-state index in [1.807, 2.05) is 24.9 Å². The highest BCUT2D eigenvalue weighted by Crippen LogP contribution is 2.37. The predicted molar refractivity (Wildman–Crippen MR) is 135 cm³/mol. The highest BCUT2D eigenvalue weighted by molar-refractivity contribution is 5.92. The summed E-state index contributed by atoms with van der Waals surface area (Å²) in [6.45, 7) is 10.4. The van der Waals surface area contributed by atoms with Crippen molar-refractivity contribution in [3.05, 3.63) is 17.5 Å². The Hall–Kier alpha value is -2.38. The van der Waals surface area contributed by atoms with Gasteiger partial charge in [-0.05, 0) is 68.8 Å². The lowest BCUT2D eigenvalue weighted by Crippen LogP contribution is -2.60. The first kappa shape index (κ1) is 25.7. The number of hydrogen-bond donors (Lipinski definition) is 1. The van der Waals surface area contributed by atoms with E-state index in [-0.39, 0.29) is 41.6 Å². The highest BCUT2D eigenvalue weighted by atomic mass is 16.2. The fraction of sp³-hybridized carbons (Fsp3) is 0.778. The van der Waals surface area contributed by atoms with E-state index in [2.05, 4.69) is 36.1 Å². The molecule has 3 aliphatic rings. The fourth-order valence-electron chi connectivity index (χ4n) is 6.30. The first-order valence-corrected chi connectivity index (χ1v) is 13.5. The van der Waals surface area contributed by atoms with Crippen molar-refractivity contribution in [2.45, 2.75) is 84.7 Å². The molecule has 3 aliphatic heterocycles. The summed E-state index contributed by atoms with van der Waals surface area (Å²) in [5.74, 6) is 1.55. The first-order chi connectivity index (χ1) is 16.6. The van der Waals surface area contributed by atoms with Gasteiger partial charge in [-0.2, -0.15) is 5.10 Å². The van der Waals surface area contributed by atoms with E-state index in [1.54, 1.807) is 4.68 Å². The van der Waals surface area contributed by atoms with E-state index in [4.69, 9.17) is 0 Å². The second kappa shape index (κ2) is 10.7. The van der Waals surface area contributed by atoms with Gasteiger partial charge in [-0.25, -0.2) is 0 Å². The molecule has 0 spiro atoms. The summed E-state index contributed by atoms with van der Waals surface area (Å²) in [5, 5.41) is 7.65. The summed E-state index contributed by atoms with van der Waals surface area (Å²) in [7, 11) is 1.86. The van der Waals surface area contributed by atoms with E-state index in [1.165, 1.54) is 0 Å². The van der Waals surface area contributed by atoms with E-state index in [0.29, 0.717) is 50.0 Å². The summed E-state index contributed by atoms with van der Waals surface area (Å²) in [5.41, 5.74) is 1.46. The summed E-state index contributed by atoms with van der Waals surface area (Å²) < 4.78 is 1.74. The van der Waals surface area contributed by atoms with Crippen LogP contribution in [0.4, 0.5) is 0 Å². The smallest absolute Gasteiger partial charge is 0.274 e. The average molecular weight is 486 g/mol. The van der Waals surface area contributed by atoms with Crippen LogP contribution in [0, 0.1) is 30.6 Å². The Morgan fingerprint density at radius 2 is 1.91 bits per heavy atom. The van der Waals surface area contributed by atoms with Crippen LogP contribution in [0.2, 0.25) is 0 Å². The Morgan fingerprint density at radius 1 is 1.14 bits per heavy atom. The lowest BCUT2D eigenvalue weighted by molar-refractivity contribution is -0.141. The predicted octanol–water partition coefficient (Wildman–Crippen LogP) is 3.15. The molecule has 3 saturated heterocycles. The molecule has 0 saturated carbocycles. The summed E-state index contributed by atoms with van der Waals surface area (Å²) in [6, 6.07) is 2.10. The Bertz CT molecular complexity index is 922. The molecule has 0 aliphatic carbocycles. The van der Waals surface area contributed by atoms with E-state index < -0.39 is 0 Å². The van der Waals surface area contributed by atoms with Gasteiger partial charge >= 0.3 is 0 Å². The Balaban J connectivity index is 1.51. The standard InChI is InChI=1S/C27H43N5O3/c1-17(2)22-10-9-18(3)11-26(34)32-15-20-13-21(24(32)7-6-8-25(33)28-22)16-31(14-20)27(35)23-12-19(4)30(5)29-23/h12,17-18,20-22,24H,6-11,13-16H2,1-5H3,(H,28,33)/t18-,20+,21-,22+,24+/m1/s1. The van der Waals surface area contributed by atoms with Gasteiger partial charge in [0.1, 0.15) is 0 Å². The molecule has 3 amide bonds. The van der Waals surface area contributed by atoms with Crippen molar-refractivity contribution in [3.8, 4) is 0 Å². The lowest BCUT2D eigenvalue weighted by Gasteiger charge is -2.51. The molecular formula is C27H43N5O3. The Kier molecular flexibility index (Phi) is 7.86. The van der Waals surface area contributed by atoms with Crippen LogP contribution >= 0.6 is 0 Å². The third kappa shape index (κ3) is 5.89. The van der Waals surface area contributed by atoms with E-state index in [9.17, 15) is 14.4 Å². The monoisotopic (exact) mass is 485 g/mol. The lowest BCUT2D eigenvalue weighted by atomic mass is 9.77. The van der Waals surface area contributed by atoms with Crippen LogP contribution in [0.3, 0.4) is 0 Å². The maximum absolute atomic E-state index is 13.5. The van der Waals surface area contributed by atoms with Gasteiger partial charge in [0.2, 0.25) is 11.8 Å². The number of piperidine rings is 2. The third-order valence-corrected chi connectivity index (χ3v) is 8.46. The first-order valence-electron chi connectivity index (χ1n) is 13.5. The molecule has 0 unspecified atom stereocenters. The van der Waals surface area contributed by atoms with E-state index in [0.717, 1.165) is 37.8 Å². The number of hydrogen-bond acceptors (Lipinski definition) is 4. The van der Waals surface area contributed by atoms with Crippen molar-refractivity contribution >= 4 is 17.7 Å². The number of likely N-dealkylation sites (tertiary alicyclic amines) is 1. The van der Waals surface area contributed by atoms with Crippen LogP contribution in [0.15, 0.2) is 6.07 Å². The molecule has 4 heterocycles. The molecule has 0 aromatic carbocycles. The van der Waals surface area contributed by atoms with Crippen molar-refractivity contribution in [1.29, 1.82) is 0 Å². The molecule has 8 heteroatoms. The number of fused-ring (bicyclic) bond motifs is 4. The van der Waals surface area contributed by atoms with Crippen LogP contribution in [0.25, 0.3) is 0 Å². The molecule has 1 aromatic rings. The Morgan fingerprint density at radius 3 is 2.60 bits per heavy atom. The van der Waals surface area contributed by atoms with Gasteiger partial charge in [0.05, 0.1) is 0 Å². The van der Waals surface area contributed by atoms with Gasteiger partial charge in [-0.1, -0.05) is 20.8 Å². The normalized spacial score (nSPS) is 30.7. The zero-order valence-electron chi connectivity index (χ0n) is 22.1. The maximum atomic E-state index is 13.5. The quantitative estimate of drug-likeness (QED) is 0.697. The molecule has 0 radical (unpaired) electrons. The van der Waals surface area contributed by atoms with Gasteiger partial charge in [0, 0.05) is 57.3 Å². The number of nitrogens with one attached hydrogen (secondary N) is 1. The summed E-state index contributed by atoms with van der Waals surface area (Å²) in [6.07, 6.45) is 5.50. The molecule has 5 atom stereocenters. The fourth-order valence-corrected chi connectivity index (χ4v) is 6.30. The third-order valence-electron chi connectivity index (χ3n) is 8.46. The SMILES string of the molecule is Cc1cc(C(=O)N2C[C@@H]3C[C@H](C2)[C@@H]2CCCC(=O)N[C@H](C(C)C)CC[C@@H](C)CC(=O)N2C3)nn1C. The number of carbonyl (C=O) groups excluding carboxylic acids is 3. The van der Waals surface area contributed by atoms with Gasteiger partial charge in [-0.15, -0.1) is 0 Å². The van der Waals surface area contributed by atoms with Crippen LogP contribution in [0.1, 0.15) is 81.9 Å². The number of amides is 3. The van der Waals surface area contributed by atoms with Crippen molar-refractivity contribution < 1.29 is 14.4 Å². The minimum Gasteiger partial charge on any atom is -0.353 e. The van der Waals surface area contributed by atoms with Crippen LogP contribution in [-0.4, -0.2) is 69.0 Å². The second-order valence-corrected chi connectivity index (χ2v) is 11.7. The number of carbonyl (C=O) groups is 3. The molecule has 1 N–H and O–H groups in total. The second-order valence-electron chi connectivity index (χ2n) is 11.7. The van der Waals surface area contributed by atoms with Crippen LogP contribution in [-0.2, 0) is 16.6 Å². The van der Waals surface area contributed by atoms with Gasteiger partial charge in [0.15, 0.2) is 5.69 Å². The van der Waals surface area contributed by atoms with Crippen molar-refractivity contribution in [2.24, 2.45) is 30.7 Å². The zero-order valence-corrected chi connectivity index (χ0v) is 22.1. The molecule has 1 aromatic heterocycles. The molecule has 4 rings (SSSR count). The number of aryl methyl sites for hydroxylation is 2. The molecule has 8 nitrogen and oxygen atoms in total. The largest absolute Gasteiger partial charge is 0.353 e. The molecule has 194 valence electrons. The topological polar surface area (TPSA) is 87.5 Å². The number of aromatic nitrogens is 2. The zero-order chi connectivity index (χ0) is 25.3. The summed E-state index contributed by atoms with van der Waals surface area (Å²) in [4.78, 5) is 43.5. The average Bonchev–Trinajstić information content (AvgIpc) is 3.14. The number of nitrogens with zero attached hydrogens (tertiary/aromatic N) is 4. The van der Waals surface area contributed by atoms with Crippen molar-refractivity contribution in [2.75, 3.05) is 19.6 Å². The molecule has 3 fully saturated rings. The van der Waals surface area contributed by atoms with Gasteiger partial charge in [0.25, 0.3) is 5.91 Å². The van der Waals surface area contributed by atoms with Crippen LogP contribution < -0.4 is 5.32 Å². The minimum absolute atomic E-state index is 0.0134. The maximum Gasteiger partial charge on any atom is 0.274 e.